The smallest absolute Gasteiger partial charge is 0.348 e. The molecule has 0 aliphatic heterocycles. The Balaban J connectivity index is 1.82. The summed E-state index contributed by atoms with van der Waals surface area (Å²) in [5.74, 6) is -0.245. The Bertz CT molecular complexity index is 607. The first-order valence-corrected chi connectivity index (χ1v) is 6.39. The standard InChI is InChI=1S/C11H9ClN2O4S/c1-6-4-9(14-18-6)13-10(15)5-17-11(16)7-2-3-8(12)19-7/h2-4H,5H2,1H3,(H,13,14,15). The van der Waals surface area contributed by atoms with Crippen molar-refractivity contribution in [2.45, 2.75) is 6.92 Å². The molecule has 0 saturated heterocycles. The van der Waals surface area contributed by atoms with Crippen LogP contribution in [0, 0.1) is 6.92 Å². The topological polar surface area (TPSA) is 81.4 Å². The Morgan fingerprint density at radius 3 is 2.89 bits per heavy atom. The molecule has 0 fully saturated rings. The van der Waals surface area contributed by atoms with Gasteiger partial charge in [-0.2, -0.15) is 0 Å². The number of thiophene rings is 1. The molecule has 0 spiro atoms. The highest BCUT2D eigenvalue weighted by atomic mass is 35.5. The van der Waals surface area contributed by atoms with Gasteiger partial charge in [-0.25, -0.2) is 4.79 Å². The summed E-state index contributed by atoms with van der Waals surface area (Å²) in [5.41, 5.74) is 0. The van der Waals surface area contributed by atoms with Gasteiger partial charge < -0.3 is 14.6 Å². The molecule has 1 amide bonds. The van der Waals surface area contributed by atoms with E-state index in [4.69, 9.17) is 20.9 Å². The molecule has 2 aromatic rings. The van der Waals surface area contributed by atoms with Gasteiger partial charge in [0, 0.05) is 6.07 Å². The molecule has 2 heterocycles. The summed E-state index contributed by atoms with van der Waals surface area (Å²) in [4.78, 5) is 23.3. The van der Waals surface area contributed by atoms with E-state index in [0.717, 1.165) is 11.3 Å². The summed E-state index contributed by atoms with van der Waals surface area (Å²) in [6.45, 7) is 1.30. The summed E-state index contributed by atoms with van der Waals surface area (Å²) in [6.07, 6.45) is 0. The number of hydrogen-bond donors (Lipinski definition) is 1. The number of aromatic nitrogens is 1. The van der Waals surface area contributed by atoms with E-state index < -0.39 is 18.5 Å². The lowest BCUT2D eigenvalue weighted by molar-refractivity contribution is -0.119. The predicted octanol–water partition coefficient (Wildman–Crippen LogP) is 2.49. The number of hydrogen-bond acceptors (Lipinski definition) is 6. The van der Waals surface area contributed by atoms with Crippen molar-refractivity contribution in [2.24, 2.45) is 0 Å². The number of esters is 1. The van der Waals surface area contributed by atoms with E-state index in [0.29, 0.717) is 15.0 Å². The molecular formula is C11H9ClN2O4S. The van der Waals surface area contributed by atoms with Crippen LogP contribution in [0.2, 0.25) is 4.34 Å². The summed E-state index contributed by atoms with van der Waals surface area (Å²) in [6, 6.07) is 4.67. The van der Waals surface area contributed by atoms with Crippen LogP contribution >= 0.6 is 22.9 Å². The molecule has 2 rings (SSSR count). The van der Waals surface area contributed by atoms with Gasteiger partial charge in [-0.05, 0) is 19.1 Å². The average molecular weight is 301 g/mol. The van der Waals surface area contributed by atoms with Crippen LogP contribution in [0.3, 0.4) is 0 Å². The number of carbonyl (C=O) groups is 2. The van der Waals surface area contributed by atoms with Gasteiger partial charge in [0.1, 0.15) is 10.6 Å². The fourth-order valence-corrected chi connectivity index (χ4v) is 2.17. The lowest BCUT2D eigenvalue weighted by Crippen LogP contribution is -2.20. The summed E-state index contributed by atoms with van der Waals surface area (Å²) < 4.78 is 10.1. The summed E-state index contributed by atoms with van der Waals surface area (Å²) in [7, 11) is 0. The second-order valence-electron chi connectivity index (χ2n) is 3.55. The molecule has 19 heavy (non-hydrogen) atoms. The summed E-state index contributed by atoms with van der Waals surface area (Å²) >= 11 is 6.78. The van der Waals surface area contributed by atoms with Crippen LogP contribution in [0.5, 0.6) is 0 Å². The van der Waals surface area contributed by atoms with Crippen molar-refractivity contribution in [1.29, 1.82) is 0 Å². The second-order valence-corrected chi connectivity index (χ2v) is 5.27. The number of anilines is 1. The van der Waals surface area contributed by atoms with Gasteiger partial charge in [0.25, 0.3) is 5.91 Å². The van der Waals surface area contributed by atoms with Crippen LogP contribution in [-0.4, -0.2) is 23.6 Å². The molecule has 0 unspecified atom stereocenters. The molecule has 0 atom stereocenters. The number of aryl methyl sites for hydroxylation is 1. The minimum absolute atomic E-state index is 0.276. The Hall–Kier alpha value is -1.86. The van der Waals surface area contributed by atoms with Crippen LogP contribution in [-0.2, 0) is 9.53 Å². The molecule has 0 radical (unpaired) electrons. The van der Waals surface area contributed by atoms with Crippen molar-refractivity contribution in [2.75, 3.05) is 11.9 Å². The minimum atomic E-state index is -0.594. The molecule has 2 aromatic heterocycles. The lowest BCUT2D eigenvalue weighted by Gasteiger charge is -2.02. The van der Waals surface area contributed by atoms with Crippen LogP contribution < -0.4 is 5.32 Å². The van der Waals surface area contributed by atoms with Gasteiger partial charge >= 0.3 is 5.97 Å². The molecule has 0 bridgehead atoms. The van der Waals surface area contributed by atoms with Gasteiger partial charge in [-0.1, -0.05) is 16.8 Å². The Morgan fingerprint density at radius 2 is 2.32 bits per heavy atom. The number of amides is 1. The largest absolute Gasteiger partial charge is 0.451 e. The van der Waals surface area contributed by atoms with E-state index in [1.807, 2.05) is 0 Å². The highest BCUT2D eigenvalue weighted by molar-refractivity contribution is 7.17. The average Bonchev–Trinajstić information content (AvgIpc) is 2.95. The number of rotatable bonds is 4. The molecule has 6 nitrogen and oxygen atoms in total. The SMILES string of the molecule is Cc1cc(NC(=O)COC(=O)c2ccc(Cl)s2)no1. The number of carbonyl (C=O) groups excluding carboxylic acids is 2. The first-order valence-electron chi connectivity index (χ1n) is 5.20. The second kappa shape index (κ2) is 5.85. The molecular weight excluding hydrogens is 292 g/mol. The predicted molar refractivity (Wildman–Crippen MR) is 69.5 cm³/mol. The van der Waals surface area contributed by atoms with Gasteiger partial charge in [0.05, 0.1) is 4.34 Å². The van der Waals surface area contributed by atoms with Crippen molar-refractivity contribution in [3.05, 3.63) is 33.2 Å². The molecule has 8 heteroatoms. The third-order valence-electron chi connectivity index (χ3n) is 2.00. The normalized spacial score (nSPS) is 10.2. The van der Waals surface area contributed by atoms with Gasteiger partial charge in [0.15, 0.2) is 12.4 Å². The zero-order valence-electron chi connectivity index (χ0n) is 9.81. The van der Waals surface area contributed by atoms with Gasteiger partial charge in [-0.15, -0.1) is 11.3 Å². The highest BCUT2D eigenvalue weighted by Crippen LogP contribution is 2.21. The van der Waals surface area contributed by atoms with E-state index in [-0.39, 0.29) is 5.82 Å². The molecule has 0 saturated carbocycles. The van der Waals surface area contributed by atoms with E-state index >= 15 is 0 Å². The first kappa shape index (κ1) is 13.6. The maximum absolute atomic E-state index is 11.5. The fourth-order valence-electron chi connectivity index (χ4n) is 1.23. The van der Waals surface area contributed by atoms with Crippen molar-refractivity contribution < 1.29 is 18.8 Å². The maximum Gasteiger partial charge on any atom is 0.348 e. The number of nitrogens with one attached hydrogen (secondary N) is 1. The quantitative estimate of drug-likeness (QED) is 0.877. The minimum Gasteiger partial charge on any atom is -0.451 e. The van der Waals surface area contributed by atoms with Crippen LogP contribution in [0.4, 0.5) is 5.82 Å². The first-order chi connectivity index (χ1) is 9.04. The van der Waals surface area contributed by atoms with Crippen LogP contribution in [0.1, 0.15) is 15.4 Å². The molecule has 0 aliphatic carbocycles. The van der Waals surface area contributed by atoms with Crippen molar-refractivity contribution >= 4 is 40.6 Å². The van der Waals surface area contributed by atoms with Crippen LogP contribution in [0.15, 0.2) is 22.7 Å². The third kappa shape index (κ3) is 3.80. The zero-order valence-corrected chi connectivity index (χ0v) is 11.4. The molecule has 0 aliphatic rings. The Kier molecular flexibility index (Phi) is 4.18. The maximum atomic E-state index is 11.5. The summed E-state index contributed by atoms with van der Waals surface area (Å²) in [5, 5.41) is 6.01. The van der Waals surface area contributed by atoms with E-state index in [1.54, 1.807) is 19.1 Å². The van der Waals surface area contributed by atoms with E-state index in [9.17, 15) is 9.59 Å². The monoisotopic (exact) mass is 300 g/mol. The van der Waals surface area contributed by atoms with Gasteiger partial charge in [0.2, 0.25) is 0 Å². The van der Waals surface area contributed by atoms with E-state index in [2.05, 4.69) is 10.5 Å². The number of ether oxygens (including phenoxy) is 1. The van der Waals surface area contributed by atoms with Crippen molar-refractivity contribution in [3.8, 4) is 0 Å². The Morgan fingerprint density at radius 1 is 1.53 bits per heavy atom. The highest BCUT2D eigenvalue weighted by Gasteiger charge is 2.13. The van der Waals surface area contributed by atoms with E-state index in [1.165, 1.54) is 6.07 Å². The number of halogens is 1. The zero-order chi connectivity index (χ0) is 13.8. The van der Waals surface area contributed by atoms with Gasteiger partial charge in [-0.3, -0.25) is 4.79 Å². The van der Waals surface area contributed by atoms with Crippen molar-refractivity contribution in [3.63, 3.8) is 0 Å². The molecule has 1 N–H and O–H groups in total. The molecule has 0 aromatic carbocycles. The third-order valence-corrected chi connectivity index (χ3v) is 3.22. The lowest BCUT2D eigenvalue weighted by atomic mass is 10.4. The Labute approximate surface area is 117 Å². The van der Waals surface area contributed by atoms with Crippen molar-refractivity contribution in [1.82, 2.24) is 5.16 Å². The van der Waals surface area contributed by atoms with Crippen LogP contribution in [0.25, 0.3) is 0 Å². The number of nitrogens with zero attached hydrogens (tertiary/aromatic N) is 1. The molecule has 100 valence electrons. The fraction of sp³-hybridized carbons (Fsp3) is 0.182.